The third-order valence-electron chi connectivity index (χ3n) is 1.96. The van der Waals surface area contributed by atoms with Gasteiger partial charge in [0.2, 0.25) is 0 Å². The van der Waals surface area contributed by atoms with Gasteiger partial charge in [-0.2, -0.15) is 8.42 Å². The molecule has 0 aromatic carbocycles. The molecule has 0 aliphatic carbocycles. The molecule has 0 saturated carbocycles. The number of hydrogen-bond acceptors (Lipinski definition) is 6. The molecule has 0 amide bonds. The van der Waals surface area contributed by atoms with E-state index in [1.165, 1.54) is 0 Å². The van der Waals surface area contributed by atoms with Crippen LogP contribution in [-0.4, -0.2) is 56.8 Å². The largest absolute Gasteiger partial charge is 0.389 e. The summed E-state index contributed by atoms with van der Waals surface area (Å²) in [5.41, 5.74) is 0. The van der Waals surface area contributed by atoms with E-state index in [1.54, 1.807) is 0 Å². The molecular weight excluding hydrogens is 270 g/mol. The average Bonchev–Trinajstić information content (AvgIpc) is 2.19. The van der Waals surface area contributed by atoms with Crippen LogP contribution < -0.4 is 5.32 Å². The number of aliphatic hydroxyl groups is 2. The summed E-state index contributed by atoms with van der Waals surface area (Å²) in [7, 11) is -3.57. The van der Waals surface area contributed by atoms with E-state index in [9.17, 15) is 18.6 Å². The molecule has 0 heterocycles. The average molecular weight is 292 g/mol. The Morgan fingerprint density at radius 1 is 1.29 bits per heavy atom. The third kappa shape index (κ3) is 12.3. The van der Waals surface area contributed by atoms with Gasteiger partial charge in [-0.05, 0) is 13.0 Å². The van der Waals surface area contributed by atoms with Crippen molar-refractivity contribution in [1.29, 1.82) is 0 Å². The van der Waals surface area contributed by atoms with Gasteiger partial charge in [-0.25, -0.2) is 0 Å². The summed E-state index contributed by atoms with van der Waals surface area (Å²) in [4.78, 5) is 0. The Bertz CT molecular complexity index is 273. The van der Waals surface area contributed by atoms with Crippen molar-refractivity contribution in [1.82, 2.24) is 5.32 Å². The van der Waals surface area contributed by atoms with E-state index in [-0.39, 0.29) is 19.0 Å². The van der Waals surface area contributed by atoms with E-state index >= 15 is 0 Å². The molecule has 0 aromatic heterocycles. The van der Waals surface area contributed by atoms with Crippen LogP contribution in [0.4, 0.5) is 0 Å². The fourth-order valence-corrected chi connectivity index (χ4v) is 1.38. The lowest BCUT2D eigenvalue weighted by molar-refractivity contribution is -0.00506. The van der Waals surface area contributed by atoms with E-state index in [1.807, 2.05) is 6.92 Å². The lowest BCUT2D eigenvalue weighted by Crippen LogP contribution is -2.39. The van der Waals surface area contributed by atoms with Crippen molar-refractivity contribution in [2.45, 2.75) is 32.0 Å². The number of unbranched alkanes of at least 4 members (excludes halogenated alkanes) is 1. The molecule has 0 aliphatic heterocycles. The zero-order valence-corrected chi connectivity index (χ0v) is 11.8. The standard InChI is InChI=1S/C9H21NO5S.ClH/c1-3-4-5-10-6-8(11)9(12)7-15-16(2,13)14;/h8-12H,3-7H2,1-2H3;1H/t8-,9-;/m1./s1. The van der Waals surface area contributed by atoms with Crippen LogP contribution in [0, 0.1) is 0 Å². The van der Waals surface area contributed by atoms with Gasteiger partial charge in [-0.1, -0.05) is 13.3 Å². The highest BCUT2D eigenvalue weighted by Crippen LogP contribution is 1.97. The van der Waals surface area contributed by atoms with Crippen LogP contribution in [0.5, 0.6) is 0 Å². The van der Waals surface area contributed by atoms with E-state index < -0.39 is 28.9 Å². The van der Waals surface area contributed by atoms with Gasteiger partial charge in [-0.15, -0.1) is 12.4 Å². The quantitative estimate of drug-likeness (QED) is 0.391. The predicted octanol–water partition coefficient (Wildman–Crippen LogP) is -0.504. The Kier molecular flexibility index (Phi) is 11.5. The Morgan fingerprint density at radius 2 is 1.88 bits per heavy atom. The van der Waals surface area contributed by atoms with Crippen LogP contribution in [0.25, 0.3) is 0 Å². The van der Waals surface area contributed by atoms with Crippen LogP contribution in [0.2, 0.25) is 0 Å². The predicted molar refractivity (Wildman–Crippen MR) is 67.8 cm³/mol. The summed E-state index contributed by atoms with van der Waals surface area (Å²) in [5, 5.41) is 21.7. The van der Waals surface area contributed by atoms with Crippen LogP contribution >= 0.6 is 12.4 Å². The summed E-state index contributed by atoms with van der Waals surface area (Å²) >= 11 is 0. The molecule has 8 heteroatoms. The van der Waals surface area contributed by atoms with Gasteiger partial charge in [-0.3, -0.25) is 4.18 Å². The first-order chi connectivity index (χ1) is 7.37. The highest BCUT2D eigenvalue weighted by Gasteiger charge is 2.18. The Labute approximate surface area is 109 Å². The van der Waals surface area contributed by atoms with Crippen molar-refractivity contribution >= 4 is 22.5 Å². The van der Waals surface area contributed by atoms with E-state index in [2.05, 4.69) is 9.50 Å². The molecule has 0 bridgehead atoms. The van der Waals surface area contributed by atoms with Crippen LogP contribution in [0.1, 0.15) is 19.8 Å². The van der Waals surface area contributed by atoms with Gasteiger partial charge in [0.1, 0.15) is 6.10 Å². The second-order valence-electron chi connectivity index (χ2n) is 3.68. The zero-order chi connectivity index (χ0) is 12.6. The van der Waals surface area contributed by atoms with Crippen molar-refractivity contribution in [2.75, 3.05) is 26.0 Å². The van der Waals surface area contributed by atoms with Gasteiger partial charge in [0.05, 0.1) is 19.0 Å². The fraction of sp³-hybridized carbons (Fsp3) is 1.00. The first-order valence-electron chi connectivity index (χ1n) is 5.28. The minimum atomic E-state index is -3.57. The normalized spacial score (nSPS) is 15.1. The van der Waals surface area contributed by atoms with Crippen molar-refractivity contribution < 1.29 is 22.8 Å². The number of nitrogens with one attached hydrogen (secondary N) is 1. The van der Waals surface area contributed by atoms with Gasteiger partial charge < -0.3 is 15.5 Å². The molecule has 0 aliphatic rings. The molecule has 0 unspecified atom stereocenters. The smallest absolute Gasteiger partial charge is 0.264 e. The number of hydrogen-bond donors (Lipinski definition) is 3. The minimum Gasteiger partial charge on any atom is -0.389 e. The van der Waals surface area contributed by atoms with Crippen molar-refractivity contribution in [3.05, 3.63) is 0 Å². The first kappa shape index (κ1) is 19.4. The summed E-state index contributed by atoms with van der Waals surface area (Å²) in [6, 6.07) is 0. The Morgan fingerprint density at radius 3 is 2.35 bits per heavy atom. The van der Waals surface area contributed by atoms with Gasteiger partial charge in [0.25, 0.3) is 10.1 Å². The topological polar surface area (TPSA) is 95.9 Å². The molecule has 0 rings (SSSR count). The van der Waals surface area contributed by atoms with Gasteiger partial charge >= 0.3 is 0 Å². The number of halogens is 1. The van der Waals surface area contributed by atoms with Gasteiger partial charge in [0.15, 0.2) is 0 Å². The SMILES string of the molecule is CCCCNC[C@@H](O)[C@H](O)COS(C)(=O)=O.Cl. The highest BCUT2D eigenvalue weighted by atomic mass is 35.5. The fourth-order valence-electron chi connectivity index (χ4n) is 0.992. The molecule has 6 nitrogen and oxygen atoms in total. The first-order valence-corrected chi connectivity index (χ1v) is 7.09. The maximum absolute atomic E-state index is 10.6. The van der Waals surface area contributed by atoms with Crippen molar-refractivity contribution in [2.24, 2.45) is 0 Å². The van der Waals surface area contributed by atoms with E-state index in [0.717, 1.165) is 25.6 Å². The molecule has 2 atom stereocenters. The molecule has 3 N–H and O–H groups in total. The molecule has 0 aromatic rings. The Balaban J connectivity index is 0. The summed E-state index contributed by atoms with van der Waals surface area (Å²) in [6.07, 6.45) is 0.694. The van der Waals surface area contributed by atoms with E-state index in [0.29, 0.717) is 0 Å². The minimum absolute atomic E-state index is 0. The molecule has 106 valence electrons. The molecule has 17 heavy (non-hydrogen) atoms. The van der Waals surface area contributed by atoms with Gasteiger partial charge in [0, 0.05) is 6.54 Å². The molecule has 0 fully saturated rings. The molecule has 0 saturated heterocycles. The number of aliphatic hydroxyl groups excluding tert-OH is 2. The summed E-state index contributed by atoms with van der Waals surface area (Å²) in [6.45, 7) is 2.60. The van der Waals surface area contributed by atoms with Crippen LogP contribution in [-0.2, 0) is 14.3 Å². The maximum Gasteiger partial charge on any atom is 0.264 e. The summed E-state index contributed by atoms with van der Waals surface area (Å²) in [5.74, 6) is 0. The third-order valence-corrected chi connectivity index (χ3v) is 2.52. The summed E-state index contributed by atoms with van der Waals surface area (Å²) < 4.78 is 25.6. The van der Waals surface area contributed by atoms with E-state index in [4.69, 9.17) is 0 Å². The lowest BCUT2D eigenvalue weighted by Gasteiger charge is -2.17. The second kappa shape index (κ2) is 10.0. The van der Waals surface area contributed by atoms with Crippen molar-refractivity contribution in [3.63, 3.8) is 0 Å². The number of rotatable bonds is 9. The van der Waals surface area contributed by atoms with Crippen LogP contribution in [0.15, 0.2) is 0 Å². The van der Waals surface area contributed by atoms with Crippen LogP contribution in [0.3, 0.4) is 0 Å². The lowest BCUT2D eigenvalue weighted by atomic mass is 10.2. The Hall–Kier alpha value is 0.0800. The maximum atomic E-state index is 10.6. The van der Waals surface area contributed by atoms with Crippen molar-refractivity contribution in [3.8, 4) is 0 Å². The molecule has 0 radical (unpaired) electrons. The second-order valence-corrected chi connectivity index (χ2v) is 5.32. The highest BCUT2D eigenvalue weighted by molar-refractivity contribution is 7.85. The monoisotopic (exact) mass is 291 g/mol. The zero-order valence-electron chi connectivity index (χ0n) is 10.1. The molecular formula is C9H22ClNO5S. The molecule has 0 spiro atoms.